The van der Waals surface area contributed by atoms with E-state index in [0.29, 0.717) is 25.9 Å². The Morgan fingerprint density at radius 1 is 0.300 bits per heavy atom. The molecule has 0 aromatic rings. The molecule has 0 aliphatic heterocycles. The Balaban J connectivity index is 3.36. The number of hydrogen-bond acceptors (Lipinski definition) is 5. The summed E-state index contributed by atoms with van der Waals surface area (Å²) in [5.74, 6) is -0.0106. The summed E-state index contributed by atoms with van der Waals surface area (Å²) >= 11 is 0. The lowest BCUT2D eigenvalue weighted by molar-refractivity contribution is -0.143. The number of aliphatic hydroxyl groups excluding tert-OH is 2. The zero-order valence-corrected chi connectivity index (χ0v) is 61.4. The highest BCUT2D eigenvalue weighted by Crippen LogP contribution is 2.20. The second-order valence-corrected chi connectivity index (χ2v) is 28.8. The molecule has 2 atom stereocenters. The van der Waals surface area contributed by atoms with E-state index in [-0.39, 0.29) is 18.5 Å². The van der Waals surface area contributed by atoms with Crippen molar-refractivity contribution in [3.63, 3.8) is 0 Å². The summed E-state index contributed by atoms with van der Waals surface area (Å²) in [7, 11) is 0. The van der Waals surface area contributed by atoms with Crippen molar-refractivity contribution in [3.8, 4) is 0 Å². The Morgan fingerprint density at radius 2 is 0.522 bits per heavy atom. The van der Waals surface area contributed by atoms with Gasteiger partial charge in [-0.3, -0.25) is 9.59 Å². The number of aliphatic hydroxyl groups is 2. The minimum Gasteiger partial charge on any atom is -0.466 e. The van der Waals surface area contributed by atoms with E-state index in [1.165, 1.54) is 405 Å². The van der Waals surface area contributed by atoms with Crippen LogP contribution in [0, 0.1) is 0 Å². The van der Waals surface area contributed by atoms with Gasteiger partial charge in [-0.1, -0.05) is 411 Å². The van der Waals surface area contributed by atoms with E-state index in [9.17, 15) is 19.8 Å². The summed E-state index contributed by atoms with van der Waals surface area (Å²) in [6, 6.07) is -0.543. The summed E-state index contributed by atoms with van der Waals surface area (Å²) in [5, 5.41) is 23.5. The van der Waals surface area contributed by atoms with E-state index in [2.05, 4.69) is 43.5 Å². The average molecular weight is 1270 g/mol. The van der Waals surface area contributed by atoms with Crippen LogP contribution in [0.15, 0.2) is 24.3 Å². The first-order valence-corrected chi connectivity index (χ1v) is 41.6. The van der Waals surface area contributed by atoms with Crippen LogP contribution in [0.2, 0.25) is 0 Å². The molecule has 0 rings (SSSR count). The maximum absolute atomic E-state index is 12.6. The molecule has 6 heteroatoms. The van der Waals surface area contributed by atoms with Gasteiger partial charge in [-0.05, 0) is 77.0 Å². The van der Waals surface area contributed by atoms with Crippen molar-refractivity contribution in [2.45, 2.75) is 488 Å². The quantitative estimate of drug-likeness (QED) is 0.0320. The lowest BCUT2D eigenvalue weighted by Crippen LogP contribution is -2.45. The molecule has 0 radical (unpaired) electrons. The number of carbonyl (C=O) groups excluding carboxylic acids is 2. The molecule has 1 amide bonds. The van der Waals surface area contributed by atoms with Gasteiger partial charge in [0.2, 0.25) is 5.91 Å². The molecule has 3 N–H and O–H groups in total. The molecule has 0 aliphatic carbocycles. The van der Waals surface area contributed by atoms with E-state index in [1.807, 2.05) is 0 Å². The summed E-state index contributed by atoms with van der Waals surface area (Å²) in [6.07, 6.45) is 103. The number of carbonyl (C=O) groups is 2. The standard InChI is InChI=1S/C84H163NO5/c1-3-5-7-9-11-13-15-17-19-21-23-24-25-31-34-37-41-44-48-52-56-60-64-68-72-76-82(87)81(80-86)85-83(88)77-73-69-65-61-57-53-49-45-42-38-35-32-29-27-26-28-30-33-36-39-43-47-51-55-59-63-67-71-75-79-90-84(89)78-74-70-66-62-58-54-50-46-40-22-20-18-16-14-12-10-8-6-4-2/h18,20,26,28,81-82,86-87H,3-17,19,21-25,27,29-80H2,1-2H3,(H,85,88)/b20-18-,28-26-. The highest BCUT2D eigenvalue weighted by atomic mass is 16.5. The Labute approximate surface area is 564 Å². The zero-order chi connectivity index (χ0) is 64.9. The van der Waals surface area contributed by atoms with E-state index in [0.717, 1.165) is 38.5 Å². The van der Waals surface area contributed by atoms with Crippen molar-refractivity contribution >= 4 is 11.9 Å². The van der Waals surface area contributed by atoms with Gasteiger partial charge < -0.3 is 20.3 Å². The van der Waals surface area contributed by atoms with Crippen molar-refractivity contribution < 1.29 is 24.5 Å². The van der Waals surface area contributed by atoms with Crippen molar-refractivity contribution in [2.75, 3.05) is 13.2 Å². The Hall–Kier alpha value is -1.66. The van der Waals surface area contributed by atoms with Crippen molar-refractivity contribution in [3.05, 3.63) is 24.3 Å². The molecule has 90 heavy (non-hydrogen) atoms. The van der Waals surface area contributed by atoms with Gasteiger partial charge >= 0.3 is 5.97 Å². The monoisotopic (exact) mass is 1270 g/mol. The number of nitrogens with one attached hydrogen (secondary N) is 1. The van der Waals surface area contributed by atoms with Crippen molar-refractivity contribution in [1.82, 2.24) is 5.32 Å². The molecule has 0 saturated carbocycles. The number of allylic oxidation sites excluding steroid dienone is 4. The lowest BCUT2D eigenvalue weighted by Gasteiger charge is -2.22. The number of rotatable bonds is 79. The van der Waals surface area contributed by atoms with Crippen LogP contribution in [0.3, 0.4) is 0 Å². The molecule has 2 unspecified atom stereocenters. The lowest BCUT2D eigenvalue weighted by atomic mass is 10.0. The summed E-state index contributed by atoms with van der Waals surface area (Å²) in [4.78, 5) is 24.7. The molecule has 6 nitrogen and oxygen atoms in total. The molecule has 0 bridgehead atoms. The maximum Gasteiger partial charge on any atom is 0.305 e. The van der Waals surface area contributed by atoms with E-state index < -0.39 is 12.1 Å². The fourth-order valence-electron chi connectivity index (χ4n) is 13.4. The first kappa shape index (κ1) is 88.3. The number of ether oxygens (including phenoxy) is 1. The molecule has 0 saturated heterocycles. The van der Waals surface area contributed by atoms with Crippen LogP contribution in [-0.4, -0.2) is 47.4 Å². The minimum atomic E-state index is -0.665. The molecular weight excluding hydrogens is 1100 g/mol. The molecule has 0 spiro atoms. The first-order chi connectivity index (χ1) is 44.5. The topological polar surface area (TPSA) is 95.9 Å². The third-order valence-electron chi connectivity index (χ3n) is 19.7. The Kier molecular flexibility index (Phi) is 78.3. The molecular formula is C84H163NO5. The molecule has 0 aromatic carbocycles. The number of unbranched alkanes of at least 4 members (excludes halogenated alkanes) is 64. The van der Waals surface area contributed by atoms with Gasteiger partial charge in [0.1, 0.15) is 0 Å². The summed E-state index contributed by atoms with van der Waals surface area (Å²) < 4.78 is 5.52. The van der Waals surface area contributed by atoms with Gasteiger partial charge in [-0.15, -0.1) is 0 Å². The fraction of sp³-hybridized carbons (Fsp3) is 0.929. The van der Waals surface area contributed by atoms with Gasteiger partial charge in [0.05, 0.1) is 25.4 Å². The van der Waals surface area contributed by atoms with Gasteiger partial charge in [-0.25, -0.2) is 0 Å². The second kappa shape index (κ2) is 79.8. The predicted molar refractivity (Wildman–Crippen MR) is 398 cm³/mol. The zero-order valence-electron chi connectivity index (χ0n) is 61.4. The van der Waals surface area contributed by atoms with E-state index >= 15 is 0 Å². The van der Waals surface area contributed by atoms with E-state index in [1.54, 1.807) is 0 Å². The molecule has 0 heterocycles. The Morgan fingerprint density at radius 3 is 0.789 bits per heavy atom. The smallest absolute Gasteiger partial charge is 0.305 e. The molecule has 0 fully saturated rings. The highest BCUT2D eigenvalue weighted by molar-refractivity contribution is 5.76. The van der Waals surface area contributed by atoms with Gasteiger partial charge in [-0.2, -0.15) is 0 Å². The number of esters is 1. The highest BCUT2D eigenvalue weighted by Gasteiger charge is 2.20. The van der Waals surface area contributed by atoms with Crippen LogP contribution in [0.25, 0.3) is 0 Å². The Bertz CT molecular complexity index is 1410. The third kappa shape index (κ3) is 75.4. The van der Waals surface area contributed by atoms with Crippen LogP contribution in [0.1, 0.15) is 476 Å². The third-order valence-corrected chi connectivity index (χ3v) is 19.7. The van der Waals surface area contributed by atoms with Crippen molar-refractivity contribution in [2.24, 2.45) is 0 Å². The number of hydrogen-bond donors (Lipinski definition) is 3. The van der Waals surface area contributed by atoms with Crippen LogP contribution < -0.4 is 5.32 Å². The molecule has 0 aromatic heterocycles. The van der Waals surface area contributed by atoms with Crippen molar-refractivity contribution in [1.29, 1.82) is 0 Å². The summed E-state index contributed by atoms with van der Waals surface area (Å²) in [6.45, 7) is 5.01. The first-order valence-electron chi connectivity index (χ1n) is 41.6. The fourth-order valence-corrected chi connectivity index (χ4v) is 13.4. The van der Waals surface area contributed by atoms with Gasteiger partial charge in [0, 0.05) is 12.8 Å². The average Bonchev–Trinajstić information content (AvgIpc) is 3.69. The van der Waals surface area contributed by atoms with E-state index in [4.69, 9.17) is 4.74 Å². The normalized spacial score (nSPS) is 12.5. The molecule has 534 valence electrons. The summed E-state index contributed by atoms with van der Waals surface area (Å²) in [5.41, 5.74) is 0. The maximum atomic E-state index is 12.6. The SMILES string of the molecule is CCCCCCCC/C=C\CCCCCCCCCCCC(=O)OCCCCCCCCCCCCCC/C=C\CCCCCCCCCCCCCCCC(=O)NC(CO)C(O)CCCCCCCCCCCCCCCCCCCCCCCCCCC. The van der Waals surface area contributed by atoms with Crippen LogP contribution in [-0.2, 0) is 14.3 Å². The van der Waals surface area contributed by atoms with Gasteiger partial charge in [0.25, 0.3) is 0 Å². The number of amides is 1. The van der Waals surface area contributed by atoms with Crippen LogP contribution in [0.4, 0.5) is 0 Å². The molecule has 0 aliphatic rings. The minimum absolute atomic E-state index is 0.0174. The van der Waals surface area contributed by atoms with Crippen LogP contribution in [0.5, 0.6) is 0 Å². The van der Waals surface area contributed by atoms with Crippen LogP contribution >= 0.6 is 0 Å². The largest absolute Gasteiger partial charge is 0.466 e. The second-order valence-electron chi connectivity index (χ2n) is 28.8. The predicted octanol–water partition coefficient (Wildman–Crippen LogP) is 27.6. The van der Waals surface area contributed by atoms with Gasteiger partial charge in [0.15, 0.2) is 0 Å².